The molecule has 0 saturated carbocycles. The Labute approximate surface area is 146 Å². The molecule has 1 aliphatic heterocycles. The lowest BCUT2D eigenvalue weighted by Gasteiger charge is -2.34. The summed E-state index contributed by atoms with van der Waals surface area (Å²) in [5.74, 6) is -1.64. The van der Waals surface area contributed by atoms with Crippen LogP contribution in [0, 0.1) is 0 Å². The van der Waals surface area contributed by atoms with Crippen molar-refractivity contribution >= 4 is 22.7 Å². The van der Waals surface area contributed by atoms with E-state index in [2.05, 4.69) is 9.72 Å². The Balaban J connectivity index is 1.80. The fourth-order valence-electron chi connectivity index (χ4n) is 2.91. The summed E-state index contributed by atoms with van der Waals surface area (Å²) >= 11 is 0. The van der Waals surface area contributed by atoms with Crippen molar-refractivity contribution in [3.8, 4) is 5.75 Å². The monoisotopic (exact) mass is 360 g/mol. The molecule has 1 aromatic heterocycles. The van der Waals surface area contributed by atoms with E-state index in [0.29, 0.717) is 11.1 Å². The van der Waals surface area contributed by atoms with Crippen LogP contribution in [0.1, 0.15) is 24.5 Å². The summed E-state index contributed by atoms with van der Waals surface area (Å²) in [5.41, 5.74) is 1.35. The van der Waals surface area contributed by atoms with Gasteiger partial charge in [-0.15, -0.1) is 0 Å². The predicted molar refractivity (Wildman–Crippen MR) is 87.8 cm³/mol. The van der Waals surface area contributed by atoms with Crippen LogP contribution in [0.2, 0.25) is 0 Å². The van der Waals surface area contributed by atoms with E-state index >= 15 is 0 Å². The number of nitrogens with zero attached hydrogens (tertiary/aromatic N) is 2. The molecule has 26 heavy (non-hydrogen) atoms. The first-order valence-corrected chi connectivity index (χ1v) is 7.91. The zero-order valence-corrected chi connectivity index (χ0v) is 13.6. The van der Waals surface area contributed by atoms with E-state index in [1.54, 1.807) is 30.3 Å². The number of fused-ring (bicyclic) bond motifs is 2. The fourth-order valence-corrected chi connectivity index (χ4v) is 2.91. The minimum Gasteiger partial charge on any atom is -0.439 e. The zero-order chi connectivity index (χ0) is 18.5. The Kier molecular flexibility index (Phi) is 3.66. The molecule has 1 unspecified atom stereocenters. The number of aromatic nitrogens is 1. The third kappa shape index (κ3) is 2.59. The second kappa shape index (κ2) is 5.77. The normalized spacial score (nSPS) is 17.1. The maximum absolute atomic E-state index is 14.1. The van der Waals surface area contributed by atoms with Crippen molar-refractivity contribution in [3.63, 3.8) is 0 Å². The molecule has 3 aromatic rings. The first-order valence-electron chi connectivity index (χ1n) is 7.91. The van der Waals surface area contributed by atoms with E-state index in [-0.39, 0.29) is 29.4 Å². The number of aliphatic hydroxyl groups is 1. The number of hydrogen-bond donors (Lipinski definition) is 1. The van der Waals surface area contributed by atoms with Crippen molar-refractivity contribution < 1.29 is 27.8 Å². The van der Waals surface area contributed by atoms with Gasteiger partial charge >= 0.3 is 12.0 Å². The van der Waals surface area contributed by atoms with Gasteiger partial charge in [0.05, 0.1) is 11.8 Å². The lowest BCUT2D eigenvalue weighted by Crippen LogP contribution is -2.50. The average molecular weight is 360 g/mol. The molecule has 0 radical (unpaired) electrons. The fraction of sp³-hybridized carbons (Fsp3) is 0.222. The number of halogens is 2. The molecule has 1 aliphatic rings. The van der Waals surface area contributed by atoms with E-state index < -0.39 is 18.1 Å². The van der Waals surface area contributed by atoms with Crippen LogP contribution < -0.4 is 9.64 Å². The molecule has 0 bridgehead atoms. The molecule has 134 valence electrons. The summed E-state index contributed by atoms with van der Waals surface area (Å²) in [6.45, 7) is 1.14. The maximum Gasteiger partial charge on any atom is 0.483 e. The molecule has 0 spiro atoms. The van der Waals surface area contributed by atoms with Gasteiger partial charge in [0, 0.05) is 5.56 Å². The van der Waals surface area contributed by atoms with Gasteiger partial charge in [0.25, 0.3) is 0 Å². The summed E-state index contributed by atoms with van der Waals surface area (Å²) in [5, 5.41) is 9.83. The highest BCUT2D eigenvalue weighted by Gasteiger charge is 2.51. The van der Waals surface area contributed by atoms with E-state index in [9.17, 15) is 18.7 Å². The van der Waals surface area contributed by atoms with Crippen LogP contribution in [0.5, 0.6) is 5.75 Å². The molecule has 0 aliphatic carbocycles. The van der Waals surface area contributed by atoms with Gasteiger partial charge < -0.3 is 14.3 Å². The van der Waals surface area contributed by atoms with Crippen LogP contribution in [-0.2, 0) is 11.3 Å². The highest BCUT2D eigenvalue weighted by Crippen LogP contribution is 2.44. The highest BCUT2D eigenvalue weighted by atomic mass is 19.3. The minimum atomic E-state index is -4.05. The van der Waals surface area contributed by atoms with Gasteiger partial charge in [0.2, 0.25) is 5.89 Å². The minimum absolute atomic E-state index is 0.116. The summed E-state index contributed by atoms with van der Waals surface area (Å²) in [4.78, 5) is 17.3. The number of benzene rings is 2. The van der Waals surface area contributed by atoms with Crippen LogP contribution in [0.3, 0.4) is 0 Å². The number of rotatable bonds is 3. The van der Waals surface area contributed by atoms with Gasteiger partial charge in [-0.2, -0.15) is 8.78 Å². The molecule has 4 rings (SSSR count). The number of hydrogen-bond acceptors (Lipinski definition) is 5. The van der Waals surface area contributed by atoms with E-state index in [1.807, 2.05) is 0 Å². The van der Waals surface area contributed by atoms with Crippen molar-refractivity contribution in [2.75, 3.05) is 4.90 Å². The molecule has 1 amide bonds. The number of aliphatic hydroxyl groups excluding tert-OH is 1. The molecule has 2 aromatic carbocycles. The van der Waals surface area contributed by atoms with Crippen LogP contribution >= 0.6 is 0 Å². The van der Waals surface area contributed by atoms with Crippen LogP contribution in [0.15, 0.2) is 46.9 Å². The predicted octanol–water partition coefficient (Wildman–Crippen LogP) is 3.40. The SMILES string of the molecule is CC(O)c1cccc2c1OC(F)(F)C(=O)N2Cc1nc2ccccc2o1. The molecule has 1 atom stereocenters. The van der Waals surface area contributed by atoms with Gasteiger partial charge in [-0.1, -0.05) is 24.3 Å². The number of carbonyl (C=O) groups excluding carboxylic acids is 1. The van der Waals surface area contributed by atoms with Crippen LogP contribution in [0.25, 0.3) is 11.1 Å². The lowest BCUT2D eigenvalue weighted by molar-refractivity contribution is -0.193. The molecule has 8 heteroatoms. The molecule has 6 nitrogen and oxygen atoms in total. The summed E-state index contributed by atoms with van der Waals surface area (Å²) < 4.78 is 38.4. The number of para-hydroxylation sites is 3. The van der Waals surface area contributed by atoms with E-state index in [1.165, 1.54) is 19.1 Å². The molecule has 1 N–H and O–H groups in total. The zero-order valence-electron chi connectivity index (χ0n) is 13.6. The molecular weight excluding hydrogens is 346 g/mol. The molecule has 2 heterocycles. The second-order valence-corrected chi connectivity index (χ2v) is 5.96. The third-order valence-electron chi connectivity index (χ3n) is 4.12. The molecule has 0 saturated heterocycles. The summed E-state index contributed by atoms with van der Waals surface area (Å²) in [7, 11) is 0. The smallest absolute Gasteiger partial charge is 0.439 e. The first kappa shape index (κ1) is 16.5. The Morgan fingerprint density at radius 1 is 1.23 bits per heavy atom. The number of amides is 1. The number of carbonyl (C=O) groups is 1. The summed E-state index contributed by atoms with van der Waals surface area (Å²) in [6.07, 6.45) is -5.09. The Hall–Kier alpha value is -3.00. The Morgan fingerprint density at radius 2 is 2.00 bits per heavy atom. The number of anilines is 1. The van der Waals surface area contributed by atoms with Crippen molar-refractivity contribution in [2.24, 2.45) is 0 Å². The quantitative estimate of drug-likeness (QED) is 0.775. The van der Waals surface area contributed by atoms with Gasteiger partial charge in [-0.25, -0.2) is 4.98 Å². The Bertz CT molecular complexity index is 967. The average Bonchev–Trinajstić information content (AvgIpc) is 3.00. The van der Waals surface area contributed by atoms with Crippen molar-refractivity contribution in [2.45, 2.75) is 25.7 Å². The topological polar surface area (TPSA) is 75.8 Å². The van der Waals surface area contributed by atoms with Gasteiger partial charge in [0.15, 0.2) is 11.3 Å². The van der Waals surface area contributed by atoms with Gasteiger partial charge in [-0.05, 0) is 25.1 Å². The van der Waals surface area contributed by atoms with Crippen molar-refractivity contribution in [1.29, 1.82) is 0 Å². The summed E-state index contributed by atoms with van der Waals surface area (Å²) in [6, 6.07) is 11.4. The van der Waals surface area contributed by atoms with E-state index in [4.69, 9.17) is 4.42 Å². The maximum atomic E-state index is 14.1. The molecule has 0 fully saturated rings. The van der Waals surface area contributed by atoms with E-state index in [0.717, 1.165) is 4.90 Å². The molecular formula is C18H14F2N2O4. The van der Waals surface area contributed by atoms with Crippen LogP contribution in [-0.4, -0.2) is 22.1 Å². The number of ether oxygens (including phenoxy) is 1. The number of alkyl halides is 2. The second-order valence-electron chi connectivity index (χ2n) is 5.96. The van der Waals surface area contributed by atoms with Gasteiger partial charge in [-0.3, -0.25) is 9.69 Å². The third-order valence-corrected chi connectivity index (χ3v) is 4.12. The van der Waals surface area contributed by atoms with Crippen LogP contribution in [0.4, 0.5) is 14.5 Å². The van der Waals surface area contributed by atoms with Gasteiger partial charge in [0.1, 0.15) is 12.1 Å². The Morgan fingerprint density at radius 3 is 2.73 bits per heavy atom. The number of oxazole rings is 1. The van der Waals surface area contributed by atoms with Crippen molar-refractivity contribution in [3.05, 3.63) is 53.9 Å². The standard InChI is InChI=1S/C18H14F2N2O4/c1-10(23)11-5-4-7-13-16(11)26-18(19,20)17(24)22(13)9-15-21-12-6-2-3-8-14(12)25-15/h2-8,10,23H,9H2,1H3. The highest BCUT2D eigenvalue weighted by molar-refractivity contribution is 6.01. The lowest BCUT2D eigenvalue weighted by atomic mass is 10.1. The first-order chi connectivity index (χ1) is 12.4. The largest absolute Gasteiger partial charge is 0.483 e. The van der Waals surface area contributed by atoms with Crippen molar-refractivity contribution in [1.82, 2.24) is 4.98 Å².